The molecule has 1 saturated heterocycles. The van der Waals surface area contributed by atoms with Crippen LogP contribution in [0, 0.1) is 0 Å². The highest BCUT2D eigenvalue weighted by Crippen LogP contribution is 2.01. The van der Waals surface area contributed by atoms with E-state index < -0.39 is 6.04 Å². The van der Waals surface area contributed by atoms with E-state index in [0.29, 0.717) is 13.1 Å². The van der Waals surface area contributed by atoms with Gasteiger partial charge in [0.2, 0.25) is 11.8 Å². The summed E-state index contributed by atoms with van der Waals surface area (Å²) in [5.74, 6) is -0.246. The summed E-state index contributed by atoms with van der Waals surface area (Å²) in [5, 5.41) is 8.42. The first-order valence-corrected chi connectivity index (χ1v) is 6.57. The summed E-state index contributed by atoms with van der Waals surface area (Å²) in [6.07, 6.45) is 1.83. The van der Waals surface area contributed by atoms with Gasteiger partial charge < -0.3 is 16.0 Å². The lowest BCUT2D eigenvalue weighted by molar-refractivity contribution is -0.130. The SMILES string of the molecule is O=C1CNC[C@@H](C(=O)NCCCc2ccccc2)N1. The van der Waals surface area contributed by atoms with E-state index in [2.05, 4.69) is 28.1 Å². The second-order valence-corrected chi connectivity index (χ2v) is 4.63. The average Bonchev–Trinajstić information content (AvgIpc) is 2.44. The van der Waals surface area contributed by atoms with Crippen LogP contribution in [0.25, 0.3) is 0 Å². The number of benzene rings is 1. The minimum absolute atomic E-state index is 0.117. The lowest BCUT2D eigenvalue weighted by Gasteiger charge is -2.23. The molecule has 0 saturated carbocycles. The second-order valence-electron chi connectivity index (χ2n) is 4.63. The van der Waals surface area contributed by atoms with Crippen LogP contribution in [0.2, 0.25) is 0 Å². The van der Waals surface area contributed by atoms with Crippen molar-refractivity contribution in [1.82, 2.24) is 16.0 Å². The summed E-state index contributed by atoms with van der Waals surface area (Å²) >= 11 is 0. The molecule has 1 aromatic carbocycles. The van der Waals surface area contributed by atoms with Crippen molar-refractivity contribution < 1.29 is 9.59 Å². The van der Waals surface area contributed by atoms with Crippen LogP contribution >= 0.6 is 0 Å². The summed E-state index contributed by atoms with van der Waals surface area (Å²) in [4.78, 5) is 22.9. The maximum atomic E-state index is 11.8. The number of hydrogen-bond acceptors (Lipinski definition) is 3. The Morgan fingerprint density at radius 3 is 2.84 bits per heavy atom. The van der Waals surface area contributed by atoms with Gasteiger partial charge in [0.25, 0.3) is 0 Å². The van der Waals surface area contributed by atoms with Gasteiger partial charge in [0.15, 0.2) is 0 Å². The van der Waals surface area contributed by atoms with Crippen molar-refractivity contribution in [3.05, 3.63) is 35.9 Å². The molecule has 0 aromatic heterocycles. The maximum Gasteiger partial charge on any atom is 0.243 e. The van der Waals surface area contributed by atoms with Gasteiger partial charge in [0.05, 0.1) is 6.54 Å². The summed E-state index contributed by atoms with van der Waals surface area (Å²) in [7, 11) is 0. The molecule has 0 aliphatic carbocycles. The van der Waals surface area contributed by atoms with E-state index in [1.165, 1.54) is 5.56 Å². The summed E-state index contributed by atoms with van der Waals surface area (Å²) in [6.45, 7) is 1.41. The molecule has 2 amide bonds. The molecule has 0 radical (unpaired) electrons. The highest BCUT2D eigenvalue weighted by molar-refractivity contribution is 5.89. The number of piperazine rings is 1. The first kappa shape index (κ1) is 13.5. The van der Waals surface area contributed by atoms with Crippen LogP contribution in [0.3, 0.4) is 0 Å². The van der Waals surface area contributed by atoms with Crippen molar-refractivity contribution in [2.24, 2.45) is 0 Å². The first-order valence-electron chi connectivity index (χ1n) is 6.57. The molecule has 0 spiro atoms. The predicted molar refractivity (Wildman–Crippen MR) is 72.6 cm³/mol. The molecule has 19 heavy (non-hydrogen) atoms. The molecule has 3 N–H and O–H groups in total. The summed E-state index contributed by atoms with van der Waals surface area (Å²) in [6, 6.07) is 9.72. The van der Waals surface area contributed by atoms with Gasteiger partial charge in [0.1, 0.15) is 6.04 Å². The Kier molecular flexibility index (Phi) is 4.92. The number of carbonyl (C=O) groups is 2. The highest BCUT2D eigenvalue weighted by atomic mass is 16.2. The zero-order chi connectivity index (χ0) is 13.5. The van der Waals surface area contributed by atoms with Crippen LogP contribution in [0.15, 0.2) is 30.3 Å². The van der Waals surface area contributed by atoms with Gasteiger partial charge in [-0.1, -0.05) is 30.3 Å². The monoisotopic (exact) mass is 261 g/mol. The lowest BCUT2D eigenvalue weighted by Crippen LogP contribution is -2.58. The van der Waals surface area contributed by atoms with Crippen LogP contribution < -0.4 is 16.0 Å². The van der Waals surface area contributed by atoms with E-state index in [0.717, 1.165) is 12.8 Å². The van der Waals surface area contributed by atoms with Crippen LogP contribution in [0.1, 0.15) is 12.0 Å². The van der Waals surface area contributed by atoms with Gasteiger partial charge in [-0.3, -0.25) is 9.59 Å². The van der Waals surface area contributed by atoms with Crippen LogP contribution in [-0.4, -0.2) is 37.5 Å². The van der Waals surface area contributed by atoms with E-state index in [1.54, 1.807) is 0 Å². The molecule has 1 aliphatic heterocycles. The molecular weight excluding hydrogens is 242 g/mol. The molecule has 5 nitrogen and oxygen atoms in total. The quantitative estimate of drug-likeness (QED) is 0.644. The third-order valence-corrected chi connectivity index (χ3v) is 3.07. The second kappa shape index (κ2) is 6.89. The molecule has 1 fully saturated rings. The molecule has 1 aromatic rings. The smallest absolute Gasteiger partial charge is 0.243 e. The van der Waals surface area contributed by atoms with Crippen molar-refractivity contribution in [2.75, 3.05) is 19.6 Å². The van der Waals surface area contributed by atoms with Gasteiger partial charge in [-0.2, -0.15) is 0 Å². The maximum absolute atomic E-state index is 11.8. The van der Waals surface area contributed by atoms with Crippen LogP contribution in [-0.2, 0) is 16.0 Å². The Labute approximate surface area is 112 Å². The topological polar surface area (TPSA) is 70.2 Å². The van der Waals surface area contributed by atoms with Crippen molar-refractivity contribution in [1.29, 1.82) is 0 Å². The van der Waals surface area contributed by atoms with Crippen LogP contribution in [0.4, 0.5) is 0 Å². The van der Waals surface area contributed by atoms with Crippen molar-refractivity contribution in [3.8, 4) is 0 Å². The third-order valence-electron chi connectivity index (χ3n) is 3.07. The molecular formula is C14H19N3O2. The van der Waals surface area contributed by atoms with Crippen molar-refractivity contribution in [3.63, 3.8) is 0 Å². The number of aryl methyl sites for hydroxylation is 1. The molecule has 2 rings (SSSR count). The normalized spacial score (nSPS) is 18.7. The van der Waals surface area contributed by atoms with Gasteiger partial charge in [-0.15, -0.1) is 0 Å². The zero-order valence-corrected chi connectivity index (χ0v) is 10.8. The number of nitrogens with one attached hydrogen (secondary N) is 3. The Morgan fingerprint density at radius 2 is 2.11 bits per heavy atom. The zero-order valence-electron chi connectivity index (χ0n) is 10.8. The van der Waals surface area contributed by atoms with Gasteiger partial charge in [0, 0.05) is 13.1 Å². The number of carbonyl (C=O) groups excluding carboxylic acids is 2. The molecule has 102 valence electrons. The molecule has 1 aliphatic rings. The largest absolute Gasteiger partial charge is 0.354 e. The molecule has 0 unspecified atom stereocenters. The summed E-state index contributed by atoms with van der Waals surface area (Å²) < 4.78 is 0. The first-order chi connectivity index (χ1) is 9.25. The standard InChI is InChI=1S/C14H19N3O2/c18-13-10-15-9-12(17-13)14(19)16-8-4-7-11-5-2-1-3-6-11/h1-3,5-6,12,15H,4,7-10H2,(H,16,19)(H,17,18)/t12-/m0/s1. The minimum Gasteiger partial charge on any atom is -0.354 e. The number of rotatable bonds is 5. The average molecular weight is 261 g/mol. The Balaban J connectivity index is 1.65. The molecule has 5 heteroatoms. The Morgan fingerprint density at radius 1 is 1.32 bits per heavy atom. The molecule has 1 heterocycles. The Hall–Kier alpha value is -1.88. The van der Waals surface area contributed by atoms with Gasteiger partial charge >= 0.3 is 0 Å². The summed E-state index contributed by atoms with van der Waals surface area (Å²) in [5.41, 5.74) is 1.27. The van der Waals surface area contributed by atoms with E-state index in [9.17, 15) is 9.59 Å². The highest BCUT2D eigenvalue weighted by Gasteiger charge is 2.23. The van der Waals surface area contributed by atoms with Gasteiger partial charge in [-0.05, 0) is 18.4 Å². The molecule has 1 atom stereocenters. The fraction of sp³-hybridized carbons (Fsp3) is 0.429. The third kappa shape index (κ3) is 4.37. The fourth-order valence-corrected chi connectivity index (χ4v) is 2.06. The van der Waals surface area contributed by atoms with Crippen LogP contribution in [0.5, 0.6) is 0 Å². The van der Waals surface area contributed by atoms with E-state index >= 15 is 0 Å². The number of amides is 2. The fourth-order valence-electron chi connectivity index (χ4n) is 2.06. The minimum atomic E-state index is -0.446. The molecule has 0 bridgehead atoms. The number of hydrogen-bond donors (Lipinski definition) is 3. The van der Waals surface area contributed by atoms with E-state index in [4.69, 9.17) is 0 Å². The van der Waals surface area contributed by atoms with Crippen molar-refractivity contribution in [2.45, 2.75) is 18.9 Å². The van der Waals surface area contributed by atoms with Gasteiger partial charge in [-0.25, -0.2) is 0 Å². The Bertz CT molecular complexity index is 434. The van der Waals surface area contributed by atoms with Crippen molar-refractivity contribution >= 4 is 11.8 Å². The van der Waals surface area contributed by atoms with E-state index in [1.807, 2.05) is 18.2 Å². The lowest BCUT2D eigenvalue weighted by atomic mass is 10.1. The predicted octanol–water partition coefficient (Wildman–Crippen LogP) is -0.177. The van der Waals surface area contributed by atoms with E-state index in [-0.39, 0.29) is 18.4 Å².